The first-order valence-corrected chi connectivity index (χ1v) is 8.05. The zero-order valence-electron chi connectivity index (χ0n) is 12.2. The largest absolute Gasteiger partial charge is 0.461 e. The Hall–Kier alpha value is -1.88. The van der Waals surface area contributed by atoms with Gasteiger partial charge in [0.05, 0.1) is 6.61 Å². The number of nitrogens with zero attached hydrogens (tertiary/aromatic N) is 2. The highest BCUT2D eigenvalue weighted by atomic mass is 32.1. The van der Waals surface area contributed by atoms with E-state index in [9.17, 15) is 4.79 Å². The summed E-state index contributed by atoms with van der Waals surface area (Å²) >= 11 is 1.49. The van der Waals surface area contributed by atoms with Crippen LogP contribution in [-0.2, 0) is 11.2 Å². The van der Waals surface area contributed by atoms with Crippen LogP contribution >= 0.6 is 11.3 Å². The first-order valence-electron chi connectivity index (χ1n) is 7.17. The van der Waals surface area contributed by atoms with Crippen molar-refractivity contribution in [3.05, 3.63) is 40.9 Å². The van der Waals surface area contributed by atoms with E-state index in [0.717, 1.165) is 18.1 Å². The van der Waals surface area contributed by atoms with Crippen LogP contribution in [0.25, 0.3) is 0 Å². The Morgan fingerprint density at radius 1 is 1.48 bits per heavy atom. The van der Waals surface area contributed by atoms with Crippen molar-refractivity contribution in [2.24, 2.45) is 5.92 Å². The number of rotatable bonds is 3. The number of carbonyl (C=O) groups excluding carboxylic acids is 1. The smallest absolute Gasteiger partial charge is 0.357 e. The van der Waals surface area contributed by atoms with E-state index in [2.05, 4.69) is 35.0 Å². The number of hydrogen-bond donors (Lipinski definition) is 0. The molecular weight excluding hydrogens is 284 g/mol. The Morgan fingerprint density at radius 2 is 2.29 bits per heavy atom. The molecule has 2 heterocycles. The summed E-state index contributed by atoms with van der Waals surface area (Å²) in [6.07, 6.45) is 1.09. The molecule has 0 amide bonds. The molecule has 2 aromatic rings. The second kappa shape index (κ2) is 5.85. The molecule has 0 radical (unpaired) electrons. The van der Waals surface area contributed by atoms with Gasteiger partial charge in [-0.25, -0.2) is 9.78 Å². The molecule has 1 unspecified atom stereocenters. The number of carbonyl (C=O) groups is 1. The highest BCUT2D eigenvalue weighted by Gasteiger charge is 2.25. The third-order valence-electron chi connectivity index (χ3n) is 3.55. The topological polar surface area (TPSA) is 42.4 Å². The van der Waals surface area contributed by atoms with Gasteiger partial charge in [-0.1, -0.05) is 25.1 Å². The molecule has 0 bridgehead atoms. The summed E-state index contributed by atoms with van der Waals surface area (Å²) in [4.78, 5) is 18.4. The molecule has 1 aliphatic heterocycles. The Bertz CT molecular complexity index is 653. The third kappa shape index (κ3) is 2.78. The van der Waals surface area contributed by atoms with E-state index in [1.165, 1.54) is 22.6 Å². The molecule has 0 aliphatic carbocycles. The molecule has 5 heteroatoms. The number of benzene rings is 1. The van der Waals surface area contributed by atoms with Gasteiger partial charge in [0, 0.05) is 17.6 Å². The molecular formula is C16H18N2O2S. The second-order valence-corrected chi connectivity index (χ2v) is 6.12. The van der Waals surface area contributed by atoms with Crippen molar-refractivity contribution < 1.29 is 9.53 Å². The van der Waals surface area contributed by atoms with Crippen molar-refractivity contribution in [2.75, 3.05) is 18.1 Å². The van der Waals surface area contributed by atoms with Crippen LogP contribution in [0, 0.1) is 5.92 Å². The van der Waals surface area contributed by atoms with Gasteiger partial charge in [-0.2, -0.15) is 0 Å². The highest BCUT2D eigenvalue weighted by molar-refractivity contribution is 7.14. The summed E-state index contributed by atoms with van der Waals surface area (Å²) in [7, 11) is 0. The molecule has 0 fully saturated rings. The van der Waals surface area contributed by atoms with Crippen molar-refractivity contribution in [1.29, 1.82) is 0 Å². The normalized spacial score (nSPS) is 17.4. The number of ether oxygens (including phenoxy) is 1. The van der Waals surface area contributed by atoms with Crippen molar-refractivity contribution >= 4 is 28.1 Å². The summed E-state index contributed by atoms with van der Waals surface area (Å²) in [6.45, 7) is 5.33. The molecule has 0 saturated carbocycles. The number of thiazole rings is 1. The van der Waals surface area contributed by atoms with Crippen LogP contribution in [0.3, 0.4) is 0 Å². The van der Waals surface area contributed by atoms with E-state index in [1.54, 1.807) is 12.3 Å². The number of hydrogen-bond acceptors (Lipinski definition) is 5. The summed E-state index contributed by atoms with van der Waals surface area (Å²) < 4.78 is 5.01. The fourth-order valence-electron chi connectivity index (χ4n) is 2.66. The predicted octanol–water partition coefficient (Wildman–Crippen LogP) is 3.65. The van der Waals surface area contributed by atoms with Gasteiger partial charge in [-0.15, -0.1) is 11.3 Å². The van der Waals surface area contributed by atoms with Crippen molar-refractivity contribution in [1.82, 2.24) is 4.98 Å². The second-order valence-electron chi connectivity index (χ2n) is 5.28. The van der Waals surface area contributed by atoms with Gasteiger partial charge in [-0.05, 0) is 30.9 Å². The zero-order valence-corrected chi connectivity index (χ0v) is 13.0. The minimum absolute atomic E-state index is 0.349. The Balaban J connectivity index is 1.92. The van der Waals surface area contributed by atoms with Crippen LogP contribution in [0.15, 0.2) is 29.6 Å². The number of fused-ring (bicyclic) bond motifs is 1. The zero-order chi connectivity index (χ0) is 14.8. The molecule has 1 aromatic carbocycles. The van der Waals surface area contributed by atoms with Crippen molar-refractivity contribution in [3.63, 3.8) is 0 Å². The average Bonchev–Trinajstić information content (AvgIpc) is 2.96. The molecule has 4 nitrogen and oxygen atoms in total. The minimum Gasteiger partial charge on any atom is -0.461 e. The lowest BCUT2D eigenvalue weighted by molar-refractivity contribution is 0.0520. The number of anilines is 2. The fourth-order valence-corrected chi connectivity index (χ4v) is 3.48. The number of para-hydroxylation sites is 1. The maximum absolute atomic E-state index is 11.8. The van der Waals surface area contributed by atoms with Crippen molar-refractivity contribution in [2.45, 2.75) is 20.3 Å². The van der Waals surface area contributed by atoms with Crippen LogP contribution in [0.4, 0.5) is 10.8 Å². The van der Waals surface area contributed by atoms with E-state index in [4.69, 9.17) is 4.74 Å². The lowest BCUT2D eigenvalue weighted by Crippen LogP contribution is -2.30. The van der Waals surface area contributed by atoms with E-state index in [0.29, 0.717) is 18.2 Å². The van der Waals surface area contributed by atoms with Gasteiger partial charge in [0.15, 0.2) is 10.8 Å². The minimum atomic E-state index is -0.349. The van der Waals surface area contributed by atoms with Crippen LogP contribution in [0.1, 0.15) is 29.9 Å². The van der Waals surface area contributed by atoms with Gasteiger partial charge in [0.25, 0.3) is 0 Å². The third-order valence-corrected chi connectivity index (χ3v) is 4.42. The first-order chi connectivity index (χ1) is 10.2. The summed E-state index contributed by atoms with van der Waals surface area (Å²) in [5.41, 5.74) is 2.93. The molecule has 21 heavy (non-hydrogen) atoms. The maximum Gasteiger partial charge on any atom is 0.357 e. The summed E-state index contributed by atoms with van der Waals surface area (Å²) in [6, 6.07) is 8.40. The molecule has 110 valence electrons. The van der Waals surface area contributed by atoms with E-state index < -0.39 is 0 Å². The van der Waals surface area contributed by atoms with Crippen molar-refractivity contribution in [3.8, 4) is 0 Å². The van der Waals surface area contributed by atoms with Crippen LogP contribution < -0.4 is 4.90 Å². The average molecular weight is 302 g/mol. The van der Waals surface area contributed by atoms with Gasteiger partial charge in [0.1, 0.15) is 0 Å². The van der Waals surface area contributed by atoms with E-state index in [1.807, 2.05) is 6.07 Å². The Labute approximate surface area is 128 Å². The monoisotopic (exact) mass is 302 g/mol. The SMILES string of the molecule is CCOC(=O)c1csc(N2CC(C)Cc3ccccc32)n1. The Morgan fingerprint density at radius 3 is 3.10 bits per heavy atom. The van der Waals surface area contributed by atoms with Gasteiger partial charge >= 0.3 is 5.97 Å². The fraction of sp³-hybridized carbons (Fsp3) is 0.375. The maximum atomic E-state index is 11.8. The highest BCUT2D eigenvalue weighted by Crippen LogP contribution is 2.36. The van der Waals surface area contributed by atoms with Crippen LogP contribution in [-0.4, -0.2) is 24.1 Å². The van der Waals surface area contributed by atoms with Crippen LogP contribution in [0.2, 0.25) is 0 Å². The van der Waals surface area contributed by atoms with Gasteiger partial charge in [0.2, 0.25) is 0 Å². The lowest BCUT2D eigenvalue weighted by atomic mass is 9.94. The summed E-state index contributed by atoms with van der Waals surface area (Å²) in [5, 5.41) is 2.63. The molecule has 1 aromatic heterocycles. The predicted molar refractivity (Wildman–Crippen MR) is 84.4 cm³/mol. The molecule has 3 rings (SSSR count). The summed E-state index contributed by atoms with van der Waals surface area (Å²) in [5.74, 6) is 0.216. The molecule has 1 aliphatic rings. The molecule has 0 saturated heterocycles. The van der Waals surface area contributed by atoms with Crippen LogP contribution in [0.5, 0.6) is 0 Å². The molecule has 0 spiro atoms. The quantitative estimate of drug-likeness (QED) is 0.812. The number of esters is 1. The van der Waals surface area contributed by atoms with Gasteiger partial charge in [-0.3, -0.25) is 0 Å². The van der Waals surface area contributed by atoms with E-state index in [-0.39, 0.29) is 5.97 Å². The standard InChI is InChI=1S/C16H18N2O2S/c1-3-20-15(19)13-10-21-16(17-13)18-9-11(2)8-12-6-4-5-7-14(12)18/h4-7,10-11H,3,8-9H2,1-2H3. The lowest BCUT2D eigenvalue weighted by Gasteiger charge is -2.32. The Kier molecular flexibility index (Phi) is 3.92. The van der Waals surface area contributed by atoms with Gasteiger partial charge < -0.3 is 9.64 Å². The molecule has 1 atom stereocenters. The number of aromatic nitrogens is 1. The first kappa shape index (κ1) is 14.1. The molecule has 0 N–H and O–H groups in total. The van der Waals surface area contributed by atoms with E-state index >= 15 is 0 Å².